The minimum atomic E-state index is -0.0788. The topological polar surface area (TPSA) is 74.3 Å². The van der Waals surface area contributed by atoms with Crippen molar-refractivity contribution in [3.63, 3.8) is 0 Å². The van der Waals surface area contributed by atoms with Gasteiger partial charge in [-0.05, 0) is 12.8 Å². The van der Waals surface area contributed by atoms with Crippen molar-refractivity contribution in [1.29, 1.82) is 0 Å². The molecule has 6 nitrogen and oxygen atoms in total. The van der Waals surface area contributed by atoms with Gasteiger partial charge in [0.25, 0.3) is 0 Å². The van der Waals surface area contributed by atoms with Crippen LogP contribution in [0.5, 0.6) is 5.75 Å². The highest BCUT2D eigenvalue weighted by Gasteiger charge is 2.31. The SMILES string of the molecule is COc1cnn(C)c1C(NN)C1CCCO1. The third-order valence-electron chi connectivity index (χ3n) is 2.98. The van der Waals surface area contributed by atoms with Gasteiger partial charge in [-0.25, -0.2) is 5.43 Å². The van der Waals surface area contributed by atoms with Crippen molar-refractivity contribution in [1.82, 2.24) is 15.2 Å². The van der Waals surface area contributed by atoms with Crippen LogP contribution in [-0.4, -0.2) is 29.6 Å². The maximum absolute atomic E-state index is 5.65. The number of methoxy groups -OCH3 is 1. The van der Waals surface area contributed by atoms with Gasteiger partial charge in [0.1, 0.15) is 5.69 Å². The van der Waals surface area contributed by atoms with Gasteiger partial charge in [0.2, 0.25) is 0 Å². The zero-order chi connectivity index (χ0) is 11.5. The maximum Gasteiger partial charge on any atom is 0.161 e. The van der Waals surface area contributed by atoms with Gasteiger partial charge in [-0.2, -0.15) is 5.10 Å². The number of hydrazine groups is 1. The van der Waals surface area contributed by atoms with Crippen LogP contribution < -0.4 is 16.0 Å². The molecule has 1 fully saturated rings. The van der Waals surface area contributed by atoms with E-state index in [1.165, 1.54) is 0 Å². The molecule has 2 rings (SSSR count). The zero-order valence-electron chi connectivity index (χ0n) is 9.64. The summed E-state index contributed by atoms with van der Waals surface area (Å²) < 4.78 is 12.7. The Morgan fingerprint density at radius 1 is 1.75 bits per heavy atom. The molecule has 6 heteroatoms. The molecular weight excluding hydrogens is 208 g/mol. The third kappa shape index (κ3) is 1.91. The number of aryl methyl sites for hydroxylation is 1. The molecule has 2 heterocycles. The van der Waals surface area contributed by atoms with Crippen LogP contribution in [0.1, 0.15) is 24.6 Å². The Hall–Kier alpha value is -1.11. The van der Waals surface area contributed by atoms with Gasteiger partial charge >= 0.3 is 0 Å². The molecule has 0 spiro atoms. The first-order valence-electron chi connectivity index (χ1n) is 5.41. The molecule has 1 aliphatic heterocycles. The normalized spacial score (nSPS) is 22.3. The van der Waals surface area contributed by atoms with E-state index in [0.29, 0.717) is 0 Å². The molecule has 90 valence electrons. The molecule has 0 saturated carbocycles. The van der Waals surface area contributed by atoms with E-state index in [2.05, 4.69) is 10.5 Å². The highest BCUT2D eigenvalue weighted by atomic mass is 16.5. The number of nitrogens with zero attached hydrogens (tertiary/aromatic N) is 2. The second-order valence-corrected chi connectivity index (χ2v) is 3.92. The fourth-order valence-electron chi connectivity index (χ4n) is 2.17. The molecule has 3 N–H and O–H groups in total. The van der Waals surface area contributed by atoms with Crippen LogP contribution in [0.15, 0.2) is 6.20 Å². The number of rotatable bonds is 4. The van der Waals surface area contributed by atoms with E-state index in [1.807, 2.05) is 7.05 Å². The third-order valence-corrected chi connectivity index (χ3v) is 2.98. The van der Waals surface area contributed by atoms with E-state index in [9.17, 15) is 0 Å². The zero-order valence-corrected chi connectivity index (χ0v) is 9.64. The number of nitrogens with two attached hydrogens (primary N) is 1. The lowest BCUT2D eigenvalue weighted by Gasteiger charge is -2.23. The van der Waals surface area contributed by atoms with Gasteiger partial charge in [-0.15, -0.1) is 0 Å². The van der Waals surface area contributed by atoms with Crippen LogP contribution in [0.3, 0.4) is 0 Å². The lowest BCUT2D eigenvalue weighted by atomic mass is 10.0. The van der Waals surface area contributed by atoms with Gasteiger partial charge < -0.3 is 9.47 Å². The van der Waals surface area contributed by atoms with E-state index in [0.717, 1.165) is 30.9 Å². The summed E-state index contributed by atoms with van der Waals surface area (Å²) in [5.74, 6) is 6.35. The first-order valence-corrected chi connectivity index (χ1v) is 5.41. The molecule has 0 aliphatic carbocycles. The maximum atomic E-state index is 5.65. The molecule has 0 bridgehead atoms. The smallest absolute Gasteiger partial charge is 0.161 e. The van der Waals surface area contributed by atoms with Gasteiger partial charge in [0.05, 0.1) is 25.5 Å². The summed E-state index contributed by atoms with van der Waals surface area (Å²) in [5, 5.41) is 4.17. The number of hydrogen-bond acceptors (Lipinski definition) is 5. The first-order chi connectivity index (χ1) is 7.77. The Labute approximate surface area is 94.7 Å². The number of ether oxygens (including phenoxy) is 2. The predicted octanol–water partition coefficient (Wildman–Crippen LogP) is 0.112. The quantitative estimate of drug-likeness (QED) is 0.563. The molecule has 16 heavy (non-hydrogen) atoms. The summed E-state index contributed by atoms with van der Waals surface area (Å²) >= 11 is 0. The highest BCUT2D eigenvalue weighted by Crippen LogP contribution is 2.31. The second-order valence-electron chi connectivity index (χ2n) is 3.92. The summed E-state index contributed by atoms with van der Waals surface area (Å²) in [6.45, 7) is 0.795. The Morgan fingerprint density at radius 3 is 3.12 bits per heavy atom. The van der Waals surface area contributed by atoms with Gasteiger partial charge in [-0.3, -0.25) is 10.5 Å². The standard InChI is InChI=1S/C10H18N4O2/c1-14-10(8(15-2)6-12-14)9(13-11)7-4-3-5-16-7/h6-7,9,13H,3-5,11H2,1-2H3. The van der Waals surface area contributed by atoms with Crippen LogP contribution in [0, 0.1) is 0 Å². The number of hydrogen-bond donors (Lipinski definition) is 2. The largest absolute Gasteiger partial charge is 0.493 e. The average molecular weight is 226 g/mol. The predicted molar refractivity (Wildman–Crippen MR) is 58.8 cm³/mol. The Kier molecular flexibility index (Phi) is 3.42. The van der Waals surface area contributed by atoms with Gasteiger partial charge in [0.15, 0.2) is 5.75 Å². The van der Waals surface area contributed by atoms with Crippen molar-refractivity contribution in [3.05, 3.63) is 11.9 Å². The monoisotopic (exact) mass is 226 g/mol. The second kappa shape index (κ2) is 4.82. The van der Waals surface area contributed by atoms with E-state index in [4.69, 9.17) is 15.3 Å². The fourth-order valence-corrected chi connectivity index (χ4v) is 2.17. The Balaban J connectivity index is 2.27. The van der Waals surface area contributed by atoms with Gasteiger partial charge in [0, 0.05) is 13.7 Å². The Morgan fingerprint density at radius 2 is 2.56 bits per heavy atom. The molecule has 2 atom stereocenters. The van der Waals surface area contributed by atoms with Crippen molar-refractivity contribution < 1.29 is 9.47 Å². The molecule has 0 amide bonds. The summed E-state index contributed by atoms with van der Waals surface area (Å²) in [7, 11) is 3.50. The van der Waals surface area contributed by atoms with E-state index >= 15 is 0 Å². The van der Waals surface area contributed by atoms with Crippen LogP contribution in [-0.2, 0) is 11.8 Å². The molecule has 0 radical (unpaired) electrons. The van der Waals surface area contributed by atoms with Gasteiger partial charge in [-0.1, -0.05) is 0 Å². The minimum absolute atomic E-state index is 0.0788. The van der Waals surface area contributed by atoms with Crippen molar-refractivity contribution in [2.75, 3.05) is 13.7 Å². The molecule has 0 aromatic carbocycles. The molecule has 1 saturated heterocycles. The van der Waals surface area contributed by atoms with Crippen molar-refractivity contribution in [2.45, 2.75) is 25.0 Å². The first kappa shape index (κ1) is 11.4. The number of aromatic nitrogens is 2. The fraction of sp³-hybridized carbons (Fsp3) is 0.700. The molecule has 1 aromatic rings. The summed E-state index contributed by atoms with van der Waals surface area (Å²) in [6, 6.07) is -0.0788. The molecule has 1 aromatic heterocycles. The number of nitrogens with one attached hydrogen (secondary N) is 1. The van der Waals surface area contributed by atoms with Crippen molar-refractivity contribution in [3.8, 4) is 5.75 Å². The summed E-state index contributed by atoms with van der Waals surface area (Å²) in [4.78, 5) is 0. The molecule has 1 aliphatic rings. The van der Waals surface area contributed by atoms with Crippen LogP contribution in [0.25, 0.3) is 0 Å². The Bertz CT molecular complexity index is 347. The van der Waals surface area contributed by atoms with Crippen LogP contribution in [0.4, 0.5) is 0 Å². The average Bonchev–Trinajstić information content (AvgIpc) is 2.91. The van der Waals surface area contributed by atoms with Crippen molar-refractivity contribution in [2.24, 2.45) is 12.9 Å². The van der Waals surface area contributed by atoms with E-state index in [1.54, 1.807) is 18.0 Å². The molecular formula is C10H18N4O2. The van der Waals surface area contributed by atoms with E-state index in [-0.39, 0.29) is 12.1 Å². The van der Waals surface area contributed by atoms with Crippen LogP contribution >= 0.6 is 0 Å². The van der Waals surface area contributed by atoms with Crippen LogP contribution in [0.2, 0.25) is 0 Å². The molecule has 2 unspecified atom stereocenters. The van der Waals surface area contributed by atoms with Crippen molar-refractivity contribution >= 4 is 0 Å². The van der Waals surface area contributed by atoms with E-state index < -0.39 is 0 Å². The summed E-state index contributed by atoms with van der Waals surface area (Å²) in [5.41, 5.74) is 3.72. The lowest BCUT2D eigenvalue weighted by molar-refractivity contribution is 0.0749. The highest BCUT2D eigenvalue weighted by molar-refractivity contribution is 5.29. The summed E-state index contributed by atoms with van der Waals surface area (Å²) in [6.07, 6.45) is 3.86. The minimum Gasteiger partial charge on any atom is -0.493 e. The lowest BCUT2D eigenvalue weighted by Crippen LogP contribution is -2.37.